The third-order valence-corrected chi connectivity index (χ3v) is 7.99. The zero-order valence-corrected chi connectivity index (χ0v) is 27.1. The van der Waals surface area contributed by atoms with E-state index in [1.807, 2.05) is 75.4 Å². The van der Waals surface area contributed by atoms with Crippen LogP contribution in [0.5, 0.6) is 11.5 Å². The molecule has 4 amide bonds. The number of nitrogens with one attached hydrogen (secondary N) is 3. The molecule has 1 heterocycles. The van der Waals surface area contributed by atoms with E-state index >= 15 is 0 Å². The monoisotopic (exact) mass is 630 g/mol. The van der Waals surface area contributed by atoms with Gasteiger partial charge in [-0.1, -0.05) is 74.0 Å². The van der Waals surface area contributed by atoms with Gasteiger partial charge < -0.3 is 20.1 Å². The second-order valence-electron chi connectivity index (χ2n) is 11.9. The summed E-state index contributed by atoms with van der Waals surface area (Å²) in [5.41, 5.74) is 6.07. The SMILES string of the molecule is CC1=CC=C(C)N(C(=O)Oc2ccc(C(C)(C)c3ccc(OC(=O)Nc4cc(NC(=O)Nc5ccccc5)ccc4C)cc3)cc2)C1. The number of allylic oxidation sites excluding steroid dienone is 3. The number of para-hydroxylation sites is 1. The Labute approximate surface area is 274 Å². The Bertz CT molecular complexity index is 1830. The van der Waals surface area contributed by atoms with Gasteiger partial charge in [-0.3, -0.25) is 10.2 Å². The predicted molar refractivity (Wildman–Crippen MR) is 185 cm³/mol. The maximum atomic E-state index is 12.8. The predicted octanol–water partition coefficient (Wildman–Crippen LogP) is 9.24. The van der Waals surface area contributed by atoms with Gasteiger partial charge in [0.25, 0.3) is 0 Å². The third kappa shape index (κ3) is 8.26. The molecule has 47 heavy (non-hydrogen) atoms. The maximum absolute atomic E-state index is 12.8. The smallest absolute Gasteiger partial charge is 0.410 e. The lowest BCUT2D eigenvalue weighted by molar-refractivity contribution is 0.168. The molecule has 4 aromatic carbocycles. The Morgan fingerprint density at radius 1 is 0.681 bits per heavy atom. The number of urea groups is 1. The van der Waals surface area contributed by atoms with Gasteiger partial charge in [-0.15, -0.1) is 0 Å². The van der Waals surface area contributed by atoms with Crippen LogP contribution < -0.4 is 25.4 Å². The molecule has 0 spiro atoms. The summed E-state index contributed by atoms with van der Waals surface area (Å²) in [7, 11) is 0. The van der Waals surface area contributed by atoms with Gasteiger partial charge >= 0.3 is 18.2 Å². The lowest BCUT2D eigenvalue weighted by Gasteiger charge is -2.27. The second kappa shape index (κ2) is 14.1. The maximum Gasteiger partial charge on any atom is 0.419 e. The van der Waals surface area contributed by atoms with Crippen LogP contribution in [0.25, 0.3) is 0 Å². The molecule has 5 rings (SSSR count). The van der Waals surface area contributed by atoms with Crippen molar-refractivity contribution in [2.45, 2.75) is 40.0 Å². The van der Waals surface area contributed by atoms with Crippen LogP contribution in [0.4, 0.5) is 31.4 Å². The summed E-state index contributed by atoms with van der Waals surface area (Å²) < 4.78 is 11.2. The van der Waals surface area contributed by atoms with Gasteiger partial charge in [-0.2, -0.15) is 0 Å². The summed E-state index contributed by atoms with van der Waals surface area (Å²) in [5.74, 6) is 0.849. The lowest BCUT2D eigenvalue weighted by Crippen LogP contribution is -2.34. The summed E-state index contributed by atoms with van der Waals surface area (Å²) in [5, 5.41) is 8.29. The molecule has 1 aliphatic rings. The molecule has 9 nitrogen and oxygen atoms in total. The average molecular weight is 631 g/mol. The highest BCUT2D eigenvalue weighted by Crippen LogP contribution is 2.34. The van der Waals surface area contributed by atoms with Crippen LogP contribution in [0.2, 0.25) is 0 Å². The molecule has 0 aromatic heterocycles. The van der Waals surface area contributed by atoms with Gasteiger partial charge in [0.15, 0.2) is 0 Å². The molecule has 0 saturated carbocycles. The van der Waals surface area contributed by atoms with Gasteiger partial charge in [-0.25, -0.2) is 14.4 Å². The summed E-state index contributed by atoms with van der Waals surface area (Å²) in [4.78, 5) is 39.5. The zero-order valence-electron chi connectivity index (χ0n) is 27.1. The van der Waals surface area contributed by atoms with E-state index < -0.39 is 18.2 Å². The van der Waals surface area contributed by atoms with Crippen molar-refractivity contribution in [1.82, 2.24) is 4.90 Å². The van der Waals surface area contributed by atoms with Crippen molar-refractivity contribution in [2.75, 3.05) is 22.5 Å². The number of anilines is 3. The fourth-order valence-corrected chi connectivity index (χ4v) is 5.08. The minimum absolute atomic E-state index is 0.380. The van der Waals surface area contributed by atoms with Gasteiger partial charge in [0, 0.05) is 34.7 Å². The molecule has 0 unspecified atom stereocenters. The number of carbonyl (C=O) groups excluding carboxylic acids is 3. The lowest BCUT2D eigenvalue weighted by atomic mass is 9.78. The van der Waals surface area contributed by atoms with Crippen molar-refractivity contribution in [1.29, 1.82) is 0 Å². The van der Waals surface area contributed by atoms with Gasteiger partial charge in [0.2, 0.25) is 0 Å². The normalized spacial score (nSPS) is 12.7. The number of nitrogens with zero attached hydrogens (tertiary/aromatic N) is 1. The van der Waals surface area contributed by atoms with E-state index in [0.29, 0.717) is 35.1 Å². The third-order valence-electron chi connectivity index (χ3n) is 7.99. The van der Waals surface area contributed by atoms with Gasteiger partial charge in [-0.05, 0) is 92.1 Å². The highest BCUT2D eigenvalue weighted by atomic mass is 16.6. The van der Waals surface area contributed by atoms with Crippen molar-refractivity contribution in [3.8, 4) is 11.5 Å². The highest BCUT2D eigenvalue weighted by Gasteiger charge is 2.24. The molecule has 3 N–H and O–H groups in total. The molecule has 240 valence electrons. The molecule has 0 fully saturated rings. The Morgan fingerprint density at radius 3 is 1.91 bits per heavy atom. The first-order valence-corrected chi connectivity index (χ1v) is 15.2. The molecule has 0 radical (unpaired) electrons. The summed E-state index contributed by atoms with van der Waals surface area (Å²) in [6, 6.07) is 28.7. The van der Waals surface area contributed by atoms with E-state index in [4.69, 9.17) is 9.47 Å². The first-order valence-electron chi connectivity index (χ1n) is 15.2. The van der Waals surface area contributed by atoms with E-state index in [1.165, 1.54) is 0 Å². The first kappa shape index (κ1) is 32.6. The first-order chi connectivity index (χ1) is 22.5. The van der Waals surface area contributed by atoms with Crippen molar-refractivity contribution in [3.63, 3.8) is 0 Å². The van der Waals surface area contributed by atoms with Crippen LogP contribution in [0.3, 0.4) is 0 Å². The standard InChI is InChI=1S/C38H38N4O5/c1-25-11-13-27(3)42(24-25)37(45)47-33-21-16-29(17-22-33)38(4,5)28-14-19-32(20-15-28)46-36(44)41-34-23-31(18-12-26(34)2)40-35(43)39-30-9-7-6-8-10-30/h6-23H,24H2,1-5H3,(H,41,44)(H2,39,40,43). The molecule has 0 saturated heterocycles. The van der Waals surface area contributed by atoms with E-state index in [9.17, 15) is 14.4 Å². The van der Waals surface area contributed by atoms with Crippen molar-refractivity contribution >= 4 is 35.3 Å². The van der Waals surface area contributed by atoms with E-state index in [1.54, 1.807) is 59.5 Å². The minimum Gasteiger partial charge on any atom is -0.410 e. The Hall–Kier alpha value is -5.83. The van der Waals surface area contributed by atoms with Crippen LogP contribution >= 0.6 is 0 Å². The van der Waals surface area contributed by atoms with E-state index in [2.05, 4.69) is 29.8 Å². The fraction of sp³-hybridized carbons (Fsp3) is 0.184. The minimum atomic E-state index is -0.655. The average Bonchev–Trinajstić information content (AvgIpc) is 3.04. The highest BCUT2D eigenvalue weighted by molar-refractivity contribution is 6.00. The van der Waals surface area contributed by atoms with Crippen LogP contribution in [0.1, 0.15) is 44.4 Å². The number of benzene rings is 4. The van der Waals surface area contributed by atoms with E-state index in [-0.39, 0.29) is 5.41 Å². The van der Waals surface area contributed by atoms with Gasteiger partial charge in [0.1, 0.15) is 11.5 Å². The molecular formula is C38H38N4O5. The number of ether oxygens (including phenoxy) is 2. The van der Waals surface area contributed by atoms with Crippen LogP contribution in [-0.2, 0) is 5.41 Å². The zero-order chi connectivity index (χ0) is 33.6. The molecule has 4 aromatic rings. The van der Waals surface area contributed by atoms with Crippen molar-refractivity contribution in [2.24, 2.45) is 0 Å². The largest absolute Gasteiger partial charge is 0.419 e. The van der Waals surface area contributed by atoms with Crippen molar-refractivity contribution < 1.29 is 23.9 Å². The Kier molecular flexibility index (Phi) is 9.75. The molecular weight excluding hydrogens is 592 g/mol. The number of hydrogen-bond acceptors (Lipinski definition) is 5. The quantitative estimate of drug-likeness (QED) is 0.189. The number of amides is 4. The molecule has 0 aliphatic carbocycles. The van der Waals surface area contributed by atoms with Gasteiger partial charge in [0.05, 0.1) is 0 Å². The van der Waals surface area contributed by atoms with Crippen molar-refractivity contribution in [3.05, 3.63) is 137 Å². The Morgan fingerprint density at radius 2 is 1.28 bits per heavy atom. The molecule has 0 atom stereocenters. The number of hydrogen-bond donors (Lipinski definition) is 3. The summed E-state index contributed by atoms with van der Waals surface area (Å²) in [6.45, 7) is 10.4. The molecule has 1 aliphatic heterocycles. The van der Waals surface area contributed by atoms with Crippen LogP contribution in [0.15, 0.2) is 120 Å². The fourth-order valence-electron chi connectivity index (χ4n) is 5.08. The number of carbonyl (C=O) groups is 3. The molecule has 9 heteroatoms. The second-order valence-corrected chi connectivity index (χ2v) is 11.9. The van der Waals surface area contributed by atoms with E-state index in [0.717, 1.165) is 28.0 Å². The summed E-state index contributed by atoms with van der Waals surface area (Å²) >= 11 is 0. The summed E-state index contributed by atoms with van der Waals surface area (Å²) in [6.07, 6.45) is 2.84. The number of rotatable bonds is 7. The van der Waals surface area contributed by atoms with Crippen LogP contribution in [0, 0.1) is 6.92 Å². The molecule has 0 bridgehead atoms. The van der Waals surface area contributed by atoms with Crippen LogP contribution in [-0.4, -0.2) is 29.7 Å². The Balaban J connectivity index is 1.17. The number of aryl methyl sites for hydroxylation is 1. The topological polar surface area (TPSA) is 109 Å².